The van der Waals surface area contributed by atoms with Crippen molar-refractivity contribution in [3.05, 3.63) is 33.8 Å². The number of hydrogen-bond donors (Lipinski definition) is 1. The molecule has 0 bridgehead atoms. The van der Waals surface area contributed by atoms with E-state index in [9.17, 15) is 5.11 Å². The smallest absolute Gasteiger partial charge is 0.0814 e. The third kappa shape index (κ3) is 4.30. The Morgan fingerprint density at radius 1 is 1.31 bits per heavy atom. The molecule has 90 valence electrons. The first-order chi connectivity index (χ1) is 7.65. The second kappa shape index (κ2) is 7.13. The number of halogens is 2. The summed E-state index contributed by atoms with van der Waals surface area (Å²) >= 11 is 12.0. The third-order valence-electron chi connectivity index (χ3n) is 2.16. The van der Waals surface area contributed by atoms with E-state index in [1.807, 2.05) is 6.92 Å². The van der Waals surface area contributed by atoms with Gasteiger partial charge in [0.2, 0.25) is 0 Å². The van der Waals surface area contributed by atoms with Gasteiger partial charge in [-0.3, -0.25) is 0 Å². The van der Waals surface area contributed by atoms with Gasteiger partial charge in [-0.1, -0.05) is 36.2 Å². The fourth-order valence-corrected chi connectivity index (χ4v) is 1.94. The van der Waals surface area contributed by atoms with E-state index in [0.717, 1.165) is 12.0 Å². The van der Waals surface area contributed by atoms with Crippen molar-refractivity contribution in [2.45, 2.75) is 25.9 Å². The van der Waals surface area contributed by atoms with E-state index in [4.69, 9.17) is 27.9 Å². The second-order valence-electron chi connectivity index (χ2n) is 3.63. The summed E-state index contributed by atoms with van der Waals surface area (Å²) in [6, 6.07) is 5.32. The zero-order valence-corrected chi connectivity index (χ0v) is 10.8. The summed E-state index contributed by atoms with van der Waals surface area (Å²) in [6.45, 7) is 3.00. The highest BCUT2D eigenvalue weighted by Crippen LogP contribution is 2.25. The van der Waals surface area contributed by atoms with E-state index in [0.29, 0.717) is 29.7 Å². The highest BCUT2D eigenvalue weighted by Gasteiger charge is 2.11. The molecule has 2 nitrogen and oxygen atoms in total. The summed E-state index contributed by atoms with van der Waals surface area (Å²) in [5, 5.41) is 10.9. The number of hydrogen-bond acceptors (Lipinski definition) is 2. The molecule has 0 saturated heterocycles. The van der Waals surface area contributed by atoms with Gasteiger partial charge < -0.3 is 9.84 Å². The predicted molar refractivity (Wildman–Crippen MR) is 67.3 cm³/mol. The molecule has 0 spiro atoms. The fraction of sp³-hybridized carbons (Fsp3) is 0.500. The lowest BCUT2D eigenvalue weighted by molar-refractivity contribution is 0.0374. The van der Waals surface area contributed by atoms with Crippen LogP contribution in [0.3, 0.4) is 0 Å². The third-order valence-corrected chi connectivity index (χ3v) is 2.87. The van der Waals surface area contributed by atoms with Gasteiger partial charge in [0.25, 0.3) is 0 Å². The average molecular weight is 263 g/mol. The van der Waals surface area contributed by atoms with Crippen LogP contribution < -0.4 is 0 Å². The Kier molecular flexibility index (Phi) is 6.14. The summed E-state index contributed by atoms with van der Waals surface area (Å²) in [7, 11) is 0. The summed E-state index contributed by atoms with van der Waals surface area (Å²) in [4.78, 5) is 0. The zero-order valence-electron chi connectivity index (χ0n) is 9.25. The van der Waals surface area contributed by atoms with E-state index >= 15 is 0 Å². The van der Waals surface area contributed by atoms with Crippen molar-refractivity contribution in [1.29, 1.82) is 0 Å². The molecule has 4 heteroatoms. The van der Waals surface area contributed by atoms with Crippen LogP contribution in [-0.4, -0.2) is 24.4 Å². The summed E-state index contributed by atoms with van der Waals surface area (Å²) in [5.41, 5.74) is 0.776. The molecule has 1 rings (SSSR count). The van der Waals surface area contributed by atoms with Crippen LogP contribution in [0.5, 0.6) is 0 Å². The quantitative estimate of drug-likeness (QED) is 0.798. The summed E-state index contributed by atoms with van der Waals surface area (Å²) in [5.74, 6) is 0. The molecule has 0 aromatic heterocycles. The zero-order chi connectivity index (χ0) is 12.0. The van der Waals surface area contributed by atoms with Crippen molar-refractivity contribution in [3.63, 3.8) is 0 Å². The van der Waals surface area contributed by atoms with Crippen LogP contribution in [0.4, 0.5) is 0 Å². The Labute approximate surface area is 106 Å². The molecule has 0 amide bonds. The highest BCUT2D eigenvalue weighted by atomic mass is 35.5. The molecule has 16 heavy (non-hydrogen) atoms. The normalized spacial score (nSPS) is 12.8. The van der Waals surface area contributed by atoms with Gasteiger partial charge in [0, 0.05) is 23.1 Å². The van der Waals surface area contributed by atoms with Crippen molar-refractivity contribution < 1.29 is 9.84 Å². The molecule has 0 fully saturated rings. The molecule has 0 saturated carbocycles. The van der Waals surface area contributed by atoms with Gasteiger partial charge >= 0.3 is 0 Å². The molecule has 1 aromatic carbocycles. The lowest BCUT2D eigenvalue weighted by Crippen LogP contribution is -2.18. The Balaban J connectivity index is 2.52. The number of benzene rings is 1. The molecule has 0 aliphatic rings. The monoisotopic (exact) mass is 262 g/mol. The predicted octanol–water partition coefficient (Wildman–Crippen LogP) is 3.32. The largest absolute Gasteiger partial charge is 0.390 e. The van der Waals surface area contributed by atoms with Gasteiger partial charge in [-0.25, -0.2) is 0 Å². The average Bonchev–Trinajstić information content (AvgIpc) is 2.24. The Morgan fingerprint density at radius 2 is 1.94 bits per heavy atom. The molecule has 1 aromatic rings. The lowest BCUT2D eigenvalue weighted by atomic mass is 10.1. The first-order valence-electron chi connectivity index (χ1n) is 5.33. The van der Waals surface area contributed by atoms with Gasteiger partial charge in [0.05, 0.1) is 12.7 Å². The van der Waals surface area contributed by atoms with Crippen LogP contribution in [0.15, 0.2) is 18.2 Å². The first kappa shape index (κ1) is 13.8. The number of aliphatic hydroxyl groups excluding tert-OH is 1. The molecule has 0 heterocycles. The maximum Gasteiger partial charge on any atom is 0.0814 e. The van der Waals surface area contributed by atoms with E-state index in [1.54, 1.807) is 18.2 Å². The Hall–Kier alpha value is -0.280. The minimum atomic E-state index is -0.566. The Morgan fingerprint density at radius 3 is 2.50 bits per heavy atom. The number of rotatable bonds is 6. The van der Waals surface area contributed by atoms with Crippen LogP contribution >= 0.6 is 23.2 Å². The maximum absolute atomic E-state index is 9.74. The van der Waals surface area contributed by atoms with Crippen molar-refractivity contribution in [1.82, 2.24) is 0 Å². The summed E-state index contributed by atoms with van der Waals surface area (Å²) < 4.78 is 5.26. The molecule has 0 radical (unpaired) electrons. The highest BCUT2D eigenvalue weighted by molar-refractivity contribution is 6.35. The van der Waals surface area contributed by atoms with Crippen LogP contribution in [-0.2, 0) is 11.2 Å². The van der Waals surface area contributed by atoms with Crippen molar-refractivity contribution in [2.24, 2.45) is 0 Å². The number of ether oxygens (including phenoxy) is 1. The van der Waals surface area contributed by atoms with Crippen molar-refractivity contribution in [3.8, 4) is 0 Å². The van der Waals surface area contributed by atoms with Crippen LogP contribution in [0.1, 0.15) is 18.9 Å². The SMILES string of the molecule is CCCOCC(O)Cc1c(Cl)cccc1Cl. The van der Waals surface area contributed by atoms with Gasteiger partial charge in [-0.05, 0) is 24.1 Å². The fourth-order valence-electron chi connectivity index (χ4n) is 1.39. The maximum atomic E-state index is 9.74. The van der Waals surface area contributed by atoms with E-state index in [-0.39, 0.29) is 0 Å². The summed E-state index contributed by atoms with van der Waals surface area (Å²) in [6.07, 6.45) is 0.797. The van der Waals surface area contributed by atoms with Crippen LogP contribution in [0, 0.1) is 0 Å². The molecule has 0 aliphatic heterocycles. The van der Waals surface area contributed by atoms with Crippen molar-refractivity contribution in [2.75, 3.05) is 13.2 Å². The number of aliphatic hydroxyl groups is 1. The van der Waals surface area contributed by atoms with Gasteiger partial charge in [-0.15, -0.1) is 0 Å². The standard InChI is InChI=1S/C12H16Cl2O2/c1-2-6-16-8-9(15)7-10-11(13)4-3-5-12(10)14/h3-5,9,15H,2,6-8H2,1H3. The van der Waals surface area contributed by atoms with E-state index < -0.39 is 6.10 Å². The van der Waals surface area contributed by atoms with Crippen LogP contribution in [0.2, 0.25) is 10.0 Å². The van der Waals surface area contributed by atoms with Crippen molar-refractivity contribution >= 4 is 23.2 Å². The molecule has 1 N–H and O–H groups in total. The molecule has 1 unspecified atom stereocenters. The lowest BCUT2D eigenvalue weighted by Gasteiger charge is -2.13. The molecule has 1 atom stereocenters. The molecular formula is C12H16Cl2O2. The molecular weight excluding hydrogens is 247 g/mol. The molecule has 0 aliphatic carbocycles. The van der Waals surface area contributed by atoms with Gasteiger partial charge in [0.15, 0.2) is 0 Å². The first-order valence-corrected chi connectivity index (χ1v) is 6.09. The van der Waals surface area contributed by atoms with Gasteiger partial charge in [0.1, 0.15) is 0 Å². The Bertz CT molecular complexity index is 309. The topological polar surface area (TPSA) is 29.5 Å². The minimum Gasteiger partial charge on any atom is -0.390 e. The van der Waals surface area contributed by atoms with Gasteiger partial charge in [-0.2, -0.15) is 0 Å². The second-order valence-corrected chi connectivity index (χ2v) is 4.45. The van der Waals surface area contributed by atoms with Crippen LogP contribution in [0.25, 0.3) is 0 Å². The van der Waals surface area contributed by atoms with E-state index in [1.165, 1.54) is 0 Å². The van der Waals surface area contributed by atoms with E-state index in [2.05, 4.69) is 0 Å². The minimum absolute atomic E-state index is 0.315.